The number of β-amino-alcohol motifs (C(OH)–C–C–N with tert-alkyl or cyclic N) is 1. The highest BCUT2D eigenvalue weighted by Gasteiger charge is 2.40. The third kappa shape index (κ3) is 3.68. The first-order valence-corrected chi connectivity index (χ1v) is 8.91. The molecular formula is C13H26N2O3S. The fourth-order valence-corrected chi connectivity index (χ4v) is 4.91. The molecular weight excluding hydrogens is 264 g/mol. The lowest BCUT2D eigenvalue weighted by molar-refractivity contribution is 0.0706. The van der Waals surface area contributed by atoms with Crippen LogP contribution < -0.4 is 0 Å². The van der Waals surface area contributed by atoms with Crippen molar-refractivity contribution in [2.75, 3.05) is 31.9 Å². The number of aliphatic hydroxyl groups is 1. The van der Waals surface area contributed by atoms with Crippen LogP contribution in [0.15, 0.2) is 0 Å². The van der Waals surface area contributed by atoms with E-state index in [-0.39, 0.29) is 24.3 Å². The van der Waals surface area contributed by atoms with Gasteiger partial charge in [0.1, 0.15) is 0 Å². The van der Waals surface area contributed by atoms with E-state index >= 15 is 0 Å². The molecule has 2 aliphatic heterocycles. The Morgan fingerprint density at radius 2 is 1.79 bits per heavy atom. The van der Waals surface area contributed by atoms with Crippen molar-refractivity contribution in [1.29, 1.82) is 0 Å². The number of hydrogen-bond acceptors (Lipinski definition) is 4. The van der Waals surface area contributed by atoms with Gasteiger partial charge in [0.05, 0.1) is 17.9 Å². The average Bonchev–Trinajstić information content (AvgIpc) is 2.72. The molecule has 2 saturated heterocycles. The van der Waals surface area contributed by atoms with Gasteiger partial charge in [-0.15, -0.1) is 0 Å². The molecule has 19 heavy (non-hydrogen) atoms. The van der Waals surface area contributed by atoms with Crippen LogP contribution >= 0.6 is 0 Å². The van der Waals surface area contributed by atoms with Crippen LogP contribution in [0.4, 0.5) is 0 Å². The quantitative estimate of drug-likeness (QED) is 0.819. The Kier molecular flexibility index (Phi) is 4.87. The van der Waals surface area contributed by atoms with E-state index in [1.807, 2.05) is 13.8 Å². The summed E-state index contributed by atoms with van der Waals surface area (Å²) in [6.45, 7) is 6.50. The van der Waals surface area contributed by atoms with Gasteiger partial charge in [0, 0.05) is 13.1 Å². The van der Waals surface area contributed by atoms with Gasteiger partial charge in [-0.25, -0.2) is 8.42 Å². The van der Waals surface area contributed by atoms with Gasteiger partial charge in [-0.05, 0) is 31.8 Å². The fraction of sp³-hybridized carbons (Fsp3) is 1.00. The van der Waals surface area contributed by atoms with Crippen molar-refractivity contribution in [3.8, 4) is 0 Å². The summed E-state index contributed by atoms with van der Waals surface area (Å²) in [6, 6.07) is -0.0118. The molecule has 112 valence electrons. The molecule has 1 N–H and O–H groups in total. The number of aliphatic hydroxyl groups excluding tert-OH is 1. The second-order valence-electron chi connectivity index (χ2n) is 6.22. The highest BCUT2D eigenvalue weighted by Crippen LogP contribution is 2.23. The van der Waals surface area contributed by atoms with Crippen molar-refractivity contribution in [2.45, 2.75) is 45.3 Å². The zero-order valence-corrected chi connectivity index (χ0v) is 12.8. The summed E-state index contributed by atoms with van der Waals surface area (Å²) in [5.74, 6) is 0.295. The molecule has 0 aliphatic carbocycles. The van der Waals surface area contributed by atoms with Crippen molar-refractivity contribution < 1.29 is 13.5 Å². The summed E-state index contributed by atoms with van der Waals surface area (Å²) in [7, 11) is -3.22. The van der Waals surface area contributed by atoms with Gasteiger partial charge in [-0.2, -0.15) is 4.31 Å². The Morgan fingerprint density at radius 3 is 2.37 bits per heavy atom. The molecule has 6 heteroatoms. The lowest BCUT2D eigenvalue weighted by atomic mass is 10.1. The van der Waals surface area contributed by atoms with Crippen LogP contribution in [0.1, 0.15) is 33.1 Å². The standard InChI is InChI=1S/C13H26N2O3S/c1-11(2)10-19(17,18)15-8-12(13(16)9-15)14-6-4-3-5-7-14/h11-13,16H,3-10H2,1-2H3/t12-,13-/m0/s1. The van der Waals surface area contributed by atoms with Crippen molar-refractivity contribution in [1.82, 2.24) is 9.21 Å². The summed E-state index contributed by atoms with van der Waals surface area (Å²) in [5.41, 5.74) is 0. The molecule has 0 bridgehead atoms. The van der Waals surface area contributed by atoms with E-state index in [9.17, 15) is 13.5 Å². The van der Waals surface area contributed by atoms with Crippen LogP contribution in [-0.4, -0.2) is 66.8 Å². The van der Waals surface area contributed by atoms with Crippen molar-refractivity contribution in [2.24, 2.45) is 5.92 Å². The van der Waals surface area contributed by atoms with Gasteiger partial charge in [0.2, 0.25) is 10.0 Å². The van der Waals surface area contributed by atoms with Gasteiger partial charge in [-0.3, -0.25) is 4.90 Å². The molecule has 0 unspecified atom stereocenters. The summed E-state index contributed by atoms with van der Waals surface area (Å²) in [6.07, 6.45) is 3.01. The summed E-state index contributed by atoms with van der Waals surface area (Å²) in [4.78, 5) is 2.26. The Hall–Kier alpha value is -0.170. The van der Waals surface area contributed by atoms with E-state index in [1.54, 1.807) is 0 Å². The monoisotopic (exact) mass is 290 g/mol. The zero-order chi connectivity index (χ0) is 14.0. The average molecular weight is 290 g/mol. The largest absolute Gasteiger partial charge is 0.390 e. The van der Waals surface area contributed by atoms with Gasteiger partial charge in [0.25, 0.3) is 0 Å². The molecule has 0 radical (unpaired) electrons. The molecule has 2 rings (SSSR count). The number of piperidine rings is 1. The zero-order valence-electron chi connectivity index (χ0n) is 12.0. The molecule has 0 spiro atoms. The maximum atomic E-state index is 12.2. The second kappa shape index (κ2) is 6.08. The molecule has 5 nitrogen and oxygen atoms in total. The smallest absolute Gasteiger partial charge is 0.214 e. The third-order valence-electron chi connectivity index (χ3n) is 4.02. The number of rotatable bonds is 4. The Bertz CT molecular complexity index is 391. The van der Waals surface area contributed by atoms with Crippen molar-refractivity contribution in [3.05, 3.63) is 0 Å². The summed E-state index contributed by atoms with van der Waals surface area (Å²) < 4.78 is 25.9. The molecule has 0 saturated carbocycles. The van der Waals surface area contributed by atoms with E-state index in [2.05, 4.69) is 4.90 Å². The first-order valence-electron chi connectivity index (χ1n) is 7.30. The van der Waals surface area contributed by atoms with Gasteiger partial charge in [-0.1, -0.05) is 20.3 Å². The minimum atomic E-state index is -3.22. The maximum absolute atomic E-state index is 12.2. The third-order valence-corrected chi connectivity index (χ3v) is 6.20. The molecule has 0 aromatic heterocycles. The number of hydrogen-bond donors (Lipinski definition) is 1. The number of nitrogens with zero attached hydrogens (tertiary/aromatic N) is 2. The fourth-order valence-electron chi connectivity index (χ4n) is 3.10. The van der Waals surface area contributed by atoms with Crippen molar-refractivity contribution >= 4 is 10.0 Å². The predicted octanol–water partition coefficient (Wildman–Crippen LogP) is 0.503. The summed E-state index contributed by atoms with van der Waals surface area (Å²) in [5, 5.41) is 10.2. The number of likely N-dealkylation sites (tertiary alicyclic amines) is 1. The minimum Gasteiger partial charge on any atom is -0.390 e. The number of sulfonamides is 1. The van der Waals surface area contributed by atoms with Gasteiger partial charge >= 0.3 is 0 Å². The normalized spacial score (nSPS) is 31.2. The van der Waals surface area contributed by atoms with Crippen LogP contribution in [0.25, 0.3) is 0 Å². The van der Waals surface area contributed by atoms with Crippen LogP contribution in [0.3, 0.4) is 0 Å². The Labute approximate surface area is 116 Å². The highest BCUT2D eigenvalue weighted by atomic mass is 32.2. The molecule has 2 fully saturated rings. The summed E-state index contributed by atoms with van der Waals surface area (Å²) >= 11 is 0. The topological polar surface area (TPSA) is 60.9 Å². The van der Waals surface area contributed by atoms with E-state index < -0.39 is 16.1 Å². The predicted molar refractivity (Wildman–Crippen MR) is 75.4 cm³/mol. The van der Waals surface area contributed by atoms with Crippen LogP contribution in [-0.2, 0) is 10.0 Å². The van der Waals surface area contributed by atoms with Crippen molar-refractivity contribution in [3.63, 3.8) is 0 Å². The minimum absolute atomic E-state index is 0.0118. The highest BCUT2D eigenvalue weighted by molar-refractivity contribution is 7.89. The lowest BCUT2D eigenvalue weighted by Crippen LogP contribution is -2.46. The molecule has 0 aromatic carbocycles. The molecule has 0 amide bonds. The van der Waals surface area contributed by atoms with Crippen LogP contribution in [0.2, 0.25) is 0 Å². The molecule has 2 heterocycles. The van der Waals surface area contributed by atoms with Crippen LogP contribution in [0, 0.1) is 5.92 Å². The first-order chi connectivity index (χ1) is 8.90. The van der Waals surface area contributed by atoms with E-state index in [0.717, 1.165) is 25.9 Å². The first kappa shape index (κ1) is 15.2. The van der Waals surface area contributed by atoms with Gasteiger partial charge in [0.15, 0.2) is 0 Å². The van der Waals surface area contributed by atoms with E-state index in [4.69, 9.17) is 0 Å². The molecule has 0 aromatic rings. The van der Waals surface area contributed by atoms with Gasteiger partial charge < -0.3 is 5.11 Å². The lowest BCUT2D eigenvalue weighted by Gasteiger charge is -2.33. The molecule has 2 aliphatic rings. The van der Waals surface area contributed by atoms with E-state index in [0.29, 0.717) is 6.54 Å². The molecule has 2 atom stereocenters. The van der Waals surface area contributed by atoms with Crippen LogP contribution in [0.5, 0.6) is 0 Å². The Morgan fingerprint density at radius 1 is 1.16 bits per heavy atom. The van der Waals surface area contributed by atoms with E-state index in [1.165, 1.54) is 10.7 Å². The Balaban J connectivity index is 2.00. The SMILES string of the molecule is CC(C)CS(=O)(=O)N1C[C@H](O)[C@@H](N2CCCCC2)C1. The maximum Gasteiger partial charge on any atom is 0.214 e. The second-order valence-corrected chi connectivity index (χ2v) is 8.23.